The fourth-order valence-corrected chi connectivity index (χ4v) is 3.92. The number of aliphatic hydroxyl groups excluding tert-OH is 1. The van der Waals surface area contributed by atoms with Crippen LogP contribution < -0.4 is 4.72 Å². The topological polar surface area (TPSA) is 84.2 Å². The zero-order valence-electron chi connectivity index (χ0n) is 12.6. The monoisotopic (exact) mass is 315 g/mol. The van der Waals surface area contributed by atoms with Crippen molar-refractivity contribution in [2.75, 3.05) is 13.2 Å². The van der Waals surface area contributed by atoms with Crippen LogP contribution in [0.3, 0.4) is 0 Å². The van der Waals surface area contributed by atoms with E-state index in [0.29, 0.717) is 19.5 Å². The van der Waals surface area contributed by atoms with Gasteiger partial charge in [-0.1, -0.05) is 26.2 Å². The lowest BCUT2D eigenvalue weighted by Crippen LogP contribution is -2.36. The predicted molar refractivity (Wildman–Crippen MR) is 80.3 cm³/mol. The summed E-state index contributed by atoms with van der Waals surface area (Å²) < 4.78 is 28.9. The maximum atomic E-state index is 12.3. The van der Waals surface area contributed by atoms with Gasteiger partial charge in [-0.2, -0.15) is 5.10 Å². The first-order valence-electron chi connectivity index (χ1n) is 7.58. The van der Waals surface area contributed by atoms with Crippen LogP contribution in [0, 0.1) is 5.41 Å². The summed E-state index contributed by atoms with van der Waals surface area (Å²) in [5.41, 5.74) is 0.0677. The van der Waals surface area contributed by atoms with Crippen molar-refractivity contribution in [2.45, 2.75) is 56.9 Å². The van der Waals surface area contributed by atoms with Crippen molar-refractivity contribution in [3.05, 3.63) is 12.4 Å². The van der Waals surface area contributed by atoms with E-state index in [9.17, 15) is 8.42 Å². The zero-order valence-corrected chi connectivity index (χ0v) is 13.4. The molecule has 2 rings (SSSR count). The third-order valence-corrected chi connectivity index (χ3v) is 5.57. The van der Waals surface area contributed by atoms with Crippen molar-refractivity contribution in [3.8, 4) is 0 Å². The predicted octanol–water partition coefficient (Wildman–Crippen LogP) is 1.51. The minimum Gasteiger partial charge on any atom is -0.396 e. The molecule has 7 heteroatoms. The first kappa shape index (κ1) is 16.5. The van der Waals surface area contributed by atoms with Gasteiger partial charge in [0.25, 0.3) is 0 Å². The van der Waals surface area contributed by atoms with Gasteiger partial charge in [0.05, 0.1) is 6.20 Å². The van der Waals surface area contributed by atoms with E-state index >= 15 is 0 Å². The van der Waals surface area contributed by atoms with Crippen LogP contribution in [0.4, 0.5) is 0 Å². The Morgan fingerprint density at radius 2 is 2.10 bits per heavy atom. The summed E-state index contributed by atoms with van der Waals surface area (Å²) >= 11 is 0. The summed E-state index contributed by atoms with van der Waals surface area (Å²) in [5, 5.41) is 12.8. The number of aryl methyl sites for hydroxylation is 1. The molecule has 1 aliphatic rings. The van der Waals surface area contributed by atoms with Gasteiger partial charge >= 0.3 is 0 Å². The second-order valence-corrected chi connectivity index (χ2v) is 7.98. The van der Waals surface area contributed by atoms with Gasteiger partial charge in [-0.25, -0.2) is 13.1 Å². The van der Waals surface area contributed by atoms with Gasteiger partial charge in [-0.15, -0.1) is 0 Å². The van der Waals surface area contributed by atoms with Gasteiger partial charge in [0, 0.05) is 25.9 Å². The van der Waals surface area contributed by atoms with E-state index in [2.05, 4.69) is 16.7 Å². The molecule has 0 spiro atoms. The van der Waals surface area contributed by atoms with Gasteiger partial charge in [0.15, 0.2) is 0 Å². The Labute approximate surface area is 126 Å². The maximum absolute atomic E-state index is 12.3. The molecule has 1 aliphatic carbocycles. The van der Waals surface area contributed by atoms with Crippen LogP contribution in [0.2, 0.25) is 0 Å². The summed E-state index contributed by atoms with van der Waals surface area (Å²) in [5.74, 6) is 0. The Morgan fingerprint density at radius 3 is 2.76 bits per heavy atom. The molecule has 120 valence electrons. The molecule has 0 unspecified atom stereocenters. The van der Waals surface area contributed by atoms with Crippen LogP contribution in [-0.2, 0) is 16.6 Å². The summed E-state index contributed by atoms with van der Waals surface area (Å²) in [6, 6.07) is 0. The minimum atomic E-state index is -3.50. The van der Waals surface area contributed by atoms with E-state index in [1.807, 2.05) is 0 Å². The molecule has 0 saturated heterocycles. The van der Waals surface area contributed by atoms with E-state index in [-0.39, 0.29) is 16.9 Å². The SMILES string of the molecule is CC1(CNS(=O)(=O)c2cnn(CCCO)c2)CCCCC1. The van der Waals surface area contributed by atoms with E-state index in [1.54, 1.807) is 4.68 Å². The molecule has 1 heterocycles. The van der Waals surface area contributed by atoms with Crippen molar-refractivity contribution < 1.29 is 13.5 Å². The molecule has 1 aromatic rings. The van der Waals surface area contributed by atoms with Gasteiger partial charge in [-0.05, 0) is 24.7 Å². The lowest BCUT2D eigenvalue weighted by molar-refractivity contribution is 0.219. The van der Waals surface area contributed by atoms with Crippen LogP contribution in [0.1, 0.15) is 45.4 Å². The average Bonchev–Trinajstić information content (AvgIpc) is 2.94. The van der Waals surface area contributed by atoms with Crippen LogP contribution in [-0.4, -0.2) is 36.5 Å². The van der Waals surface area contributed by atoms with E-state index < -0.39 is 10.0 Å². The molecule has 2 N–H and O–H groups in total. The Morgan fingerprint density at radius 1 is 1.38 bits per heavy atom. The number of aliphatic hydroxyl groups is 1. The van der Waals surface area contributed by atoms with Crippen LogP contribution in [0.25, 0.3) is 0 Å². The second kappa shape index (κ2) is 6.89. The molecule has 21 heavy (non-hydrogen) atoms. The molecule has 6 nitrogen and oxygen atoms in total. The highest BCUT2D eigenvalue weighted by molar-refractivity contribution is 7.89. The molecule has 0 amide bonds. The van der Waals surface area contributed by atoms with Gasteiger partial charge < -0.3 is 5.11 Å². The number of hydrogen-bond donors (Lipinski definition) is 2. The van der Waals surface area contributed by atoms with Crippen LogP contribution >= 0.6 is 0 Å². The fourth-order valence-electron chi connectivity index (χ4n) is 2.77. The molecular formula is C14H25N3O3S. The number of aromatic nitrogens is 2. The standard InChI is InChI=1S/C14H25N3O3S/c1-14(6-3-2-4-7-14)12-16-21(19,20)13-10-15-17(11-13)8-5-9-18/h10-11,16,18H,2-9,12H2,1H3. The minimum absolute atomic E-state index is 0.0677. The number of sulfonamides is 1. The first-order valence-corrected chi connectivity index (χ1v) is 9.07. The highest BCUT2D eigenvalue weighted by Crippen LogP contribution is 2.35. The Balaban J connectivity index is 1.96. The molecule has 1 aromatic heterocycles. The number of nitrogens with zero attached hydrogens (tertiary/aromatic N) is 2. The normalized spacial score (nSPS) is 18.8. The Bertz CT molecular complexity index is 548. The molecule has 0 radical (unpaired) electrons. The van der Waals surface area contributed by atoms with Gasteiger partial charge in [0.2, 0.25) is 10.0 Å². The first-order chi connectivity index (χ1) is 9.95. The molecule has 0 aromatic carbocycles. The van der Waals surface area contributed by atoms with Crippen molar-refractivity contribution in [1.82, 2.24) is 14.5 Å². The number of hydrogen-bond acceptors (Lipinski definition) is 4. The average molecular weight is 315 g/mol. The Kier molecular flexibility index (Phi) is 5.40. The molecule has 0 bridgehead atoms. The second-order valence-electron chi connectivity index (χ2n) is 6.21. The summed E-state index contributed by atoms with van der Waals surface area (Å²) in [6.45, 7) is 3.22. The van der Waals surface area contributed by atoms with Gasteiger partial charge in [0.1, 0.15) is 4.90 Å². The largest absolute Gasteiger partial charge is 0.396 e. The molecule has 0 aliphatic heterocycles. The number of rotatable bonds is 7. The quantitative estimate of drug-likeness (QED) is 0.799. The molecule has 0 atom stereocenters. The van der Waals surface area contributed by atoms with E-state index in [4.69, 9.17) is 5.11 Å². The summed E-state index contributed by atoms with van der Waals surface area (Å²) in [6.07, 6.45) is 9.20. The molecular weight excluding hydrogens is 290 g/mol. The van der Waals surface area contributed by atoms with Crippen LogP contribution in [0.5, 0.6) is 0 Å². The van der Waals surface area contributed by atoms with Crippen LogP contribution in [0.15, 0.2) is 17.3 Å². The third-order valence-electron chi connectivity index (χ3n) is 4.21. The lowest BCUT2D eigenvalue weighted by Gasteiger charge is -2.33. The Hall–Kier alpha value is -0.920. The molecule has 1 saturated carbocycles. The van der Waals surface area contributed by atoms with Crippen molar-refractivity contribution in [3.63, 3.8) is 0 Å². The van der Waals surface area contributed by atoms with Crippen molar-refractivity contribution >= 4 is 10.0 Å². The zero-order chi connectivity index (χ0) is 15.3. The molecule has 1 fully saturated rings. The van der Waals surface area contributed by atoms with E-state index in [0.717, 1.165) is 12.8 Å². The van der Waals surface area contributed by atoms with Crippen molar-refractivity contribution in [1.29, 1.82) is 0 Å². The van der Waals surface area contributed by atoms with Crippen molar-refractivity contribution in [2.24, 2.45) is 5.41 Å². The highest BCUT2D eigenvalue weighted by Gasteiger charge is 2.29. The summed E-state index contributed by atoms with van der Waals surface area (Å²) in [7, 11) is -3.50. The fraction of sp³-hybridized carbons (Fsp3) is 0.786. The van der Waals surface area contributed by atoms with E-state index in [1.165, 1.54) is 31.7 Å². The lowest BCUT2D eigenvalue weighted by atomic mass is 9.76. The smallest absolute Gasteiger partial charge is 0.243 e. The van der Waals surface area contributed by atoms with Gasteiger partial charge in [-0.3, -0.25) is 4.68 Å². The summed E-state index contributed by atoms with van der Waals surface area (Å²) in [4.78, 5) is 0.194. The number of nitrogens with one attached hydrogen (secondary N) is 1. The third kappa shape index (κ3) is 4.52. The maximum Gasteiger partial charge on any atom is 0.243 e. The highest BCUT2D eigenvalue weighted by atomic mass is 32.2.